The zero-order valence-corrected chi connectivity index (χ0v) is 14.6. The van der Waals surface area contributed by atoms with Gasteiger partial charge in [0.05, 0.1) is 12.5 Å². The highest BCUT2D eigenvalue weighted by Crippen LogP contribution is 2.31. The number of carbonyl (C=O) groups is 1. The topological polar surface area (TPSA) is 75.0 Å². The quantitative estimate of drug-likeness (QED) is 0.792. The van der Waals surface area contributed by atoms with Gasteiger partial charge in [-0.1, -0.05) is 24.2 Å². The van der Waals surface area contributed by atoms with E-state index in [1.165, 1.54) is 5.56 Å². The number of H-pyrrole nitrogens is 1. The summed E-state index contributed by atoms with van der Waals surface area (Å²) in [6.07, 6.45) is 4.91. The van der Waals surface area contributed by atoms with Crippen LogP contribution in [0.4, 0.5) is 0 Å². The first-order chi connectivity index (χ1) is 12.2. The molecule has 1 N–H and O–H groups in total. The predicted molar refractivity (Wildman–Crippen MR) is 94.1 cm³/mol. The second kappa shape index (κ2) is 6.35. The number of fused-ring (bicyclic) bond motifs is 1. The molecule has 4 rings (SSSR count). The molecule has 0 unspecified atom stereocenters. The smallest absolute Gasteiger partial charge is 0.227 e. The zero-order chi connectivity index (χ0) is 17.4. The van der Waals surface area contributed by atoms with Crippen molar-refractivity contribution in [1.29, 1.82) is 0 Å². The molecule has 1 fully saturated rings. The number of hydrogen-bond acceptors (Lipinski definition) is 4. The van der Waals surface area contributed by atoms with Crippen LogP contribution in [0, 0.1) is 6.92 Å². The second-order valence-corrected chi connectivity index (χ2v) is 6.63. The Bertz CT molecular complexity index is 911. The Hall–Kier alpha value is -2.63. The van der Waals surface area contributed by atoms with E-state index in [1.807, 2.05) is 30.2 Å². The molecular weight excluding hydrogens is 316 g/mol. The van der Waals surface area contributed by atoms with E-state index >= 15 is 0 Å². The minimum atomic E-state index is -0.0668. The number of aromatic nitrogens is 3. The second-order valence-electron chi connectivity index (χ2n) is 6.63. The van der Waals surface area contributed by atoms with E-state index in [4.69, 9.17) is 4.52 Å². The van der Waals surface area contributed by atoms with Gasteiger partial charge in [-0.25, -0.2) is 0 Å². The van der Waals surface area contributed by atoms with Gasteiger partial charge in [0, 0.05) is 30.1 Å². The number of amides is 1. The zero-order valence-electron chi connectivity index (χ0n) is 14.6. The van der Waals surface area contributed by atoms with E-state index in [-0.39, 0.29) is 11.9 Å². The molecule has 0 aliphatic carbocycles. The van der Waals surface area contributed by atoms with Gasteiger partial charge in [-0.2, -0.15) is 4.98 Å². The monoisotopic (exact) mass is 338 g/mol. The largest absolute Gasteiger partial charge is 0.361 e. The van der Waals surface area contributed by atoms with Gasteiger partial charge in [0.25, 0.3) is 0 Å². The Morgan fingerprint density at radius 3 is 3.12 bits per heavy atom. The maximum Gasteiger partial charge on any atom is 0.227 e. The number of aryl methyl sites for hydroxylation is 2. The van der Waals surface area contributed by atoms with Crippen molar-refractivity contribution in [3.63, 3.8) is 0 Å². The number of hydrogen-bond donors (Lipinski definition) is 1. The first-order valence-electron chi connectivity index (χ1n) is 8.85. The van der Waals surface area contributed by atoms with Crippen LogP contribution in [0.5, 0.6) is 0 Å². The van der Waals surface area contributed by atoms with Crippen molar-refractivity contribution in [2.75, 3.05) is 6.54 Å². The van der Waals surface area contributed by atoms with Gasteiger partial charge in [-0.05, 0) is 37.0 Å². The SMILES string of the molecule is CCc1nc([C@@H]2CCCN2C(=O)Cc2c[nH]c3cccc(C)c23)no1. The van der Waals surface area contributed by atoms with Gasteiger partial charge in [0.1, 0.15) is 0 Å². The molecule has 0 saturated carbocycles. The average Bonchev–Trinajstić information content (AvgIpc) is 3.34. The van der Waals surface area contributed by atoms with Crippen molar-refractivity contribution in [1.82, 2.24) is 20.0 Å². The predicted octanol–water partition coefficient (Wildman–Crippen LogP) is 3.33. The number of carbonyl (C=O) groups excluding carboxylic acids is 1. The van der Waals surface area contributed by atoms with E-state index in [2.05, 4.69) is 28.1 Å². The van der Waals surface area contributed by atoms with Crippen LogP contribution in [0.3, 0.4) is 0 Å². The van der Waals surface area contributed by atoms with E-state index < -0.39 is 0 Å². The summed E-state index contributed by atoms with van der Waals surface area (Å²) in [4.78, 5) is 22.6. The molecule has 0 radical (unpaired) electrons. The van der Waals surface area contributed by atoms with Crippen LogP contribution in [0.25, 0.3) is 10.9 Å². The van der Waals surface area contributed by atoms with Gasteiger partial charge in [-0.15, -0.1) is 0 Å². The summed E-state index contributed by atoms with van der Waals surface area (Å²) in [5.41, 5.74) is 3.31. The standard InChI is InChI=1S/C19H22N4O2/c1-3-16-21-19(22-25-16)15-8-5-9-23(15)17(24)10-13-11-20-14-7-4-6-12(2)18(13)14/h4,6-7,11,15,20H,3,5,8-10H2,1-2H3/t15-/m0/s1. The molecule has 130 valence electrons. The van der Waals surface area contributed by atoms with Crippen LogP contribution in [-0.2, 0) is 17.6 Å². The lowest BCUT2D eigenvalue weighted by Gasteiger charge is -2.22. The Kier molecular flexibility index (Phi) is 4.03. The van der Waals surface area contributed by atoms with Crippen molar-refractivity contribution >= 4 is 16.8 Å². The minimum absolute atomic E-state index is 0.0668. The summed E-state index contributed by atoms with van der Waals surface area (Å²) in [5, 5.41) is 5.23. The lowest BCUT2D eigenvalue weighted by Crippen LogP contribution is -2.32. The van der Waals surface area contributed by atoms with Crippen molar-refractivity contribution < 1.29 is 9.32 Å². The number of rotatable bonds is 4. The molecular formula is C19H22N4O2. The van der Waals surface area contributed by atoms with Gasteiger partial charge >= 0.3 is 0 Å². The highest BCUT2D eigenvalue weighted by atomic mass is 16.5. The van der Waals surface area contributed by atoms with Crippen molar-refractivity contribution in [3.8, 4) is 0 Å². The maximum atomic E-state index is 13.0. The van der Waals surface area contributed by atoms with Crippen LogP contribution >= 0.6 is 0 Å². The molecule has 1 saturated heterocycles. The van der Waals surface area contributed by atoms with E-state index in [1.54, 1.807) is 0 Å². The van der Waals surface area contributed by atoms with Crippen LogP contribution in [0.2, 0.25) is 0 Å². The summed E-state index contributed by atoms with van der Waals surface area (Å²) in [7, 11) is 0. The molecule has 0 spiro atoms. The number of aromatic amines is 1. The molecule has 2 aromatic heterocycles. The summed E-state index contributed by atoms with van der Waals surface area (Å²) >= 11 is 0. The first-order valence-corrected chi connectivity index (χ1v) is 8.85. The van der Waals surface area contributed by atoms with Crippen molar-refractivity contribution in [3.05, 3.63) is 47.2 Å². The molecule has 1 aliphatic rings. The Labute approximate surface area is 146 Å². The summed E-state index contributed by atoms with van der Waals surface area (Å²) in [6.45, 7) is 4.81. The summed E-state index contributed by atoms with van der Waals surface area (Å²) in [5.74, 6) is 1.38. The van der Waals surface area contributed by atoms with Crippen LogP contribution < -0.4 is 0 Å². The third-order valence-electron chi connectivity index (χ3n) is 4.99. The van der Waals surface area contributed by atoms with Crippen molar-refractivity contribution in [2.45, 2.75) is 45.6 Å². The van der Waals surface area contributed by atoms with E-state index in [0.717, 1.165) is 35.9 Å². The van der Waals surface area contributed by atoms with Gasteiger partial charge < -0.3 is 14.4 Å². The maximum absolute atomic E-state index is 13.0. The molecule has 1 aromatic carbocycles. The third-order valence-corrected chi connectivity index (χ3v) is 4.99. The summed E-state index contributed by atoms with van der Waals surface area (Å²) < 4.78 is 5.23. The molecule has 1 aliphatic heterocycles. The molecule has 25 heavy (non-hydrogen) atoms. The summed E-state index contributed by atoms with van der Waals surface area (Å²) in [6, 6.07) is 6.08. The molecule has 3 heterocycles. The lowest BCUT2D eigenvalue weighted by atomic mass is 10.0. The number of nitrogens with zero attached hydrogens (tertiary/aromatic N) is 3. The van der Waals surface area contributed by atoms with Crippen LogP contribution in [-0.4, -0.2) is 32.5 Å². The van der Waals surface area contributed by atoms with Gasteiger partial charge in [0.15, 0.2) is 5.82 Å². The number of nitrogens with one attached hydrogen (secondary N) is 1. The highest BCUT2D eigenvalue weighted by Gasteiger charge is 2.33. The highest BCUT2D eigenvalue weighted by molar-refractivity contribution is 5.91. The van der Waals surface area contributed by atoms with E-state index in [9.17, 15) is 4.79 Å². The molecule has 6 heteroatoms. The first kappa shape index (κ1) is 15.9. The Morgan fingerprint density at radius 1 is 1.44 bits per heavy atom. The molecule has 6 nitrogen and oxygen atoms in total. The minimum Gasteiger partial charge on any atom is -0.361 e. The van der Waals surface area contributed by atoms with Gasteiger partial charge in [0.2, 0.25) is 11.8 Å². The molecule has 1 amide bonds. The van der Waals surface area contributed by atoms with Crippen LogP contribution in [0.15, 0.2) is 28.9 Å². The van der Waals surface area contributed by atoms with Gasteiger partial charge in [-0.3, -0.25) is 4.79 Å². The fourth-order valence-electron chi connectivity index (χ4n) is 3.74. The fraction of sp³-hybridized carbons (Fsp3) is 0.421. The van der Waals surface area contributed by atoms with Crippen LogP contribution in [0.1, 0.15) is 48.6 Å². The third kappa shape index (κ3) is 2.81. The number of benzene rings is 1. The number of likely N-dealkylation sites (tertiary alicyclic amines) is 1. The average molecular weight is 338 g/mol. The van der Waals surface area contributed by atoms with Crippen molar-refractivity contribution in [2.24, 2.45) is 0 Å². The lowest BCUT2D eigenvalue weighted by molar-refractivity contribution is -0.131. The Balaban J connectivity index is 1.57. The molecule has 1 atom stereocenters. The molecule has 0 bridgehead atoms. The molecule has 3 aromatic rings. The van der Waals surface area contributed by atoms with E-state index in [0.29, 0.717) is 24.6 Å². The fourth-order valence-corrected chi connectivity index (χ4v) is 3.74. The normalized spacial score (nSPS) is 17.5. The Morgan fingerprint density at radius 2 is 2.32 bits per heavy atom.